The molecule has 2 saturated carbocycles. The first-order valence-corrected chi connectivity index (χ1v) is 7.99. The molecule has 2 aliphatic carbocycles. The average Bonchev–Trinajstić information content (AvgIpc) is 3.10. The number of fused-ring (bicyclic) bond motifs is 1. The van der Waals surface area contributed by atoms with Gasteiger partial charge in [0.05, 0.1) is 0 Å². The molecule has 3 aliphatic rings. The third-order valence-corrected chi connectivity index (χ3v) is 5.34. The van der Waals surface area contributed by atoms with Gasteiger partial charge in [-0.25, -0.2) is 0 Å². The number of nitrogens with two attached hydrogens (primary N) is 1. The fourth-order valence-corrected chi connectivity index (χ4v) is 4.23. The van der Waals surface area contributed by atoms with Crippen molar-refractivity contribution >= 4 is 11.6 Å². The lowest BCUT2D eigenvalue weighted by Crippen LogP contribution is -2.34. The van der Waals surface area contributed by atoms with Crippen molar-refractivity contribution in [2.24, 2.45) is 5.73 Å². The quantitative estimate of drug-likeness (QED) is 0.847. The minimum atomic E-state index is -0.429. The van der Waals surface area contributed by atoms with E-state index in [1.807, 2.05) is 12.1 Å². The van der Waals surface area contributed by atoms with E-state index in [1.54, 1.807) is 0 Å². The highest BCUT2D eigenvalue weighted by Crippen LogP contribution is 2.50. The molecule has 2 fully saturated rings. The van der Waals surface area contributed by atoms with E-state index in [9.17, 15) is 0 Å². The van der Waals surface area contributed by atoms with Crippen LogP contribution < -0.4 is 15.2 Å². The molecule has 0 amide bonds. The number of benzene rings is 1. The number of hydrogen-bond donors (Lipinski definition) is 1. The van der Waals surface area contributed by atoms with E-state index in [2.05, 4.69) is 0 Å². The maximum Gasteiger partial charge on any atom is 0.251 e. The van der Waals surface area contributed by atoms with Crippen molar-refractivity contribution in [1.29, 1.82) is 0 Å². The fourth-order valence-electron chi connectivity index (χ4n) is 3.89. The van der Waals surface area contributed by atoms with Crippen LogP contribution in [0.2, 0.25) is 5.02 Å². The van der Waals surface area contributed by atoms with Gasteiger partial charge < -0.3 is 15.2 Å². The molecule has 0 saturated heterocycles. The third kappa shape index (κ3) is 1.83. The van der Waals surface area contributed by atoms with E-state index >= 15 is 0 Å². The summed E-state index contributed by atoms with van der Waals surface area (Å²) in [6, 6.07) is 3.92. The molecule has 2 N–H and O–H groups in total. The number of rotatable bonds is 1. The van der Waals surface area contributed by atoms with E-state index in [4.69, 9.17) is 26.8 Å². The Morgan fingerprint density at radius 3 is 2.10 bits per heavy atom. The maximum atomic E-state index is 6.54. The summed E-state index contributed by atoms with van der Waals surface area (Å²) >= 11 is 6.46. The van der Waals surface area contributed by atoms with Crippen LogP contribution in [-0.4, -0.2) is 5.79 Å². The molecule has 3 nitrogen and oxygen atoms in total. The lowest BCUT2D eigenvalue weighted by molar-refractivity contribution is -0.0716. The highest BCUT2D eigenvalue weighted by molar-refractivity contribution is 6.31. The van der Waals surface area contributed by atoms with Crippen molar-refractivity contribution in [2.75, 3.05) is 0 Å². The zero-order valence-corrected chi connectivity index (χ0v) is 12.3. The smallest absolute Gasteiger partial charge is 0.251 e. The van der Waals surface area contributed by atoms with Gasteiger partial charge in [-0.15, -0.1) is 0 Å². The molecular formula is C16H20ClNO2. The van der Waals surface area contributed by atoms with Crippen LogP contribution in [0.3, 0.4) is 0 Å². The molecule has 0 unspecified atom stereocenters. The van der Waals surface area contributed by atoms with E-state index in [1.165, 1.54) is 12.8 Å². The highest BCUT2D eigenvalue weighted by Gasteiger charge is 2.45. The zero-order chi connectivity index (χ0) is 13.8. The van der Waals surface area contributed by atoms with Gasteiger partial charge in [0.2, 0.25) is 0 Å². The predicted molar refractivity (Wildman–Crippen MR) is 78.2 cm³/mol. The first kappa shape index (κ1) is 12.8. The summed E-state index contributed by atoms with van der Waals surface area (Å²) in [7, 11) is 0. The van der Waals surface area contributed by atoms with Crippen LogP contribution in [-0.2, 0) is 5.54 Å². The molecule has 4 rings (SSSR count). The van der Waals surface area contributed by atoms with Crippen LogP contribution in [0.4, 0.5) is 0 Å². The Bertz CT molecular complexity index is 546. The topological polar surface area (TPSA) is 44.5 Å². The van der Waals surface area contributed by atoms with Gasteiger partial charge in [0.15, 0.2) is 11.5 Å². The molecule has 108 valence electrons. The maximum absolute atomic E-state index is 6.54. The Labute approximate surface area is 124 Å². The van der Waals surface area contributed by atoms with Gasteiger partial charge in [-0.1, -0.05) is 24.4 Å². The molecular weight excluding hydrogens is 274 g/mol. The van der Waals surface area contributed by atoms with Crippen molar-refractivity contribution in [3.8, 4) is 11.5 Å². The van der Waals surface area contributed by atoms with Gasteiger partial charge in [0.25, 0.3) is 5.79 Å². The van der Waals surface area contributed by atoms with Crippen LogP contribution in [0.25, 0.3) is 0 Å². The summed E-state index contributed by atoms with van der Waals surface area (Å²) in [5.41, 5.74) is 7.27. The number of halogens is 1. The molecule has 1 heterocycles. The largest absolute Gasteiger partial charge is 0.448 e. The number of ether oxygens (including phenoxy) is 2. The molecule has 0 bridgehead atoms. The molecule has 20 heavy (non-hydrogen) atoms. The Morgan fingerprint density at radius 2 is 1.45 bits per heavy atom. The van der Waals surface area contributed by atoms with E-state index < -0.39 is 5.79 Å². The zero-order valence-electron chi connectivity index (χ0n) is 11.6. The highest BCUT2D eigenvalue weighted by atomic mass is 35.5. The van der Waals surface area contributed by atoms with Crippen molar-refractivity contribution < 1.29 is 9.47 Å². The summed E-state index contributed by atoms with van der Waals surface area (Å²) in [6.07, 6.45) is 8.58. The van der Waals surface area contributed by atoms with E-state index in [0.29, 0.717) is 5.02 Å². The summed E-state index contributed by atoms with van der Waals surface area (Å²) in [5, 5.41) is 0.715. The summed E-state index contributed by atoms with van der Waals surface area (Å²) in [4.78, 5) is 0. The van der Waals surface area contributed by atoms with Gasteiger partial charge in [-0.3, -0.25) is 0 Å². The molecule has 0 atom stereocenters. The monoisotopic (exact) mass is 293 g/mol. The van der Waals surface area contributed by atoms with Crippen LogP contribution in [0, 0.1) is 0 Å². The summed E-state index contributed by atoms with van der Waals surface area (Å²) < 4.78 is 12.2. The predicted octanol–water partition coefficient (Wildman–Crippen LogP) is 4.11. The lowest BCUT2D eigenvalue weighted by atomic mass is 9.89. The van der Waals surface area contributed by atoms with Crippen molar-refractivity contribution in [3.63, 3.8) is 0 Å². The lowest BCUT2D eigenvalue weighted by Gasteiger charge is -2.25. The second-order valence-corrected chi connectivity index (χ2v) is 6.87. The van der Waals surface area contributed by atoms with Crippen LogP contribution in [0.5, 0.6) is 11.5 Å². The molecule has 0 aromatic heterocycles. The standard InChI is InChI=1S/C16H20ClNO2/c17-12-10-14-13(19-16(20-14)7-3-4-8-16)9-11(12)15(18)5-1-2-6-15/h9-10H,1-8,18H2. The van der Waals surface area contributed by atoms with Crippen molar-refractivity contribution in [1.82, 2.24) is 0 Å². The van der Waals surface area contributed by atoms with Crippen molar-refractivity contribution in [2.45, 2.75) is 62.7 Å². The summed E-state index contributed by atoms with van der Waals surface area (Å²) in [6.45, 7) is 0. The fraction of sp³-hybridized carbons (Fsp3) is 0.625. The van der Waals surface area contributed by atoms with Gasteiger partial charge in [-0.05, 0) is 37.3 Å². The van der Waals surface area contributed by atoms with Gasteiger partial charge >= 0.3 is 0 Å². The van der Waals surface area contributed by atoms with Crippen LogP contribution >= 0.6 is 11.6 Å². The molecule has 4 heteroatoms. The Hall–Kier alpha value is -0.930. The summed E-state index contributed by atoms with van der Waals surface area (Å²) in [5.74, 6) is 1.17. The minimum absolute atomic E-state index is 0.291. The average molecular weight is 294 g/mol. The second-order valence-electron chi connectivity index (χ2n) is 6.46. The normalized spacial score (nSPS) is 25.5. The SMILES string of the molecule is NC1(c2cc3c(cc2Cl)OC2(CCCC2)O3)CCCC1. The number of hydrogen-bond acceptors (Lipinski definition) is 3. The Balaban J connectivity index is 1.72. The van der Waals surface area contributed by atoms with Crippen molar-refractivity contribution in [3.05, 3.63) is 22.7 Å². The second kappa shape index (κ2) is 4.28. The van der Waals surface area contributed by atoms with Gasteiger partial charge in [-0.2, -0.15) is 0 Å². The Morgan fingerprint density at radius 1 is 0.900 bits per heavy atom. The Kier molecular flexibility index (Phi) is 2.74. The van der Waals surface area contributed by atoms with Gasteiger partial charge in [0.1, 0.15) is 0 Å². The molecule has 1 spiro atoms. The first-order chi connectivity index (χ1) is 9.60. The van der Waals surface area contributed by atoms with Crippen LogP contribution in [0.15, 0.2) is 12.1 Å². The molecule has 1 aromatic carbocycles. The molecule has 0 radical (unpaired) electrons. The van der Waals surface area contributed by atoms with Gasteiger partial charge in [0, 0.05) is 29.5 Å². The molecule has 1 aliphatic heterocycles. The van der Waals surface area contributed by atoms with E-state index in [0.717, 1.165) is 55.6 Å². The minimum Gasteiger partial charge on any atom is -0.448 e. The van der Waals surface area contributed by atoms with Crippen LogP contribution in [0.1, 0.15) is 56.9 Å². The van der Waals surface area contributed by atoms with E-state index in [-0.39, 0.29) is 5.54 Å². The third-order valence-electron chi connectivity index (χ3n) is 5.02. The molecule has 1 aromatic rings. The first-order valence-electron chi connectivity index (χ1n) is 7.61.